The SMILES string of the molecule is C#CCn1c(=NC(=O)c2ccnn2C)sc2cc(Cl)ccc21. The normalized spacial score (nSPS) is 11.8. The molecule has 110 valence electrons. The van der Waals surface area contributed by atoms with Crippen molar-refractivity contribution in [3.05, 3.63) is 46.0 Å². The number of nitrogens with zero attached hydrogens (tertiary/aromatic N) is 4. The fourth-order valence-corrected chi connectivity index (χ4v) is 3.41. The number of aryl methyl sites for hydroxylation is 1. The highest BCUT2D eigenvalue weighted by atomic mass is 35.5. The number of thiazole rings is 1. The summed E-state index contributed by atoms with van der Waals surface area (Å²) >= 11 is 7.39. The van der Waals surface area contributed by atoms with Crippen molar-refractivity contribution in [2.45, 2.75) is 6.54 Å². The van der Waals surface area contributed by atoms with Crippen molar-refractivity contribution in [1.82, 2.24) is 14.3 Å². The number of carbonyl (C=O) groups excluding carboxylic acids is 1. The summed E-state index contributed by atoms with van der Waals surface area (Å²) in [6, 6.07) is 7.12. The van der Waals surface area contributed by atoms with E-state index in [1.807, 2.05) is 16.7 Å². The molecule has 0 fully saturated rings. The van der Waals surface area contributed by atoms with E-state index in [1.54, 1.807) is 25.4 Å². The number of aromatic nitrogens is 3. The van der Waals surface area contributed by atoms with Crippen LogP contribution in [0.25, 0.3) is 10.2 Å². The molecule has 0 N–H and O–H groups in total. The first-order valence-electron chi connectivity index (χ1n) is 6.39. The second-order valence-electron chi connectivity index (χ2n) is 4.54. The zero-order valence-corrected chi connectivity index (χ0v) is 13.2. The van der Waals surface area contributed by atoms with Crippen molar-refractivity contribution >= 4 is 39.1 Å². The Balaban J connectivity index is 2.19. The van der Waals surface area contributed by atoms with Gasteiger partial charge in [0.25, 0.3) is 5.91 Å². The molecule has 0 unspecified atom stereocenters. The first kappa shape index (κ1) is 14.6. The number of rotatable bonds is 2. The van der Waals surface area contributed by atoms with Crippen LogP contribution in [-0.4, -0.2) is 20.3 Å². The first-order valence-corrected chi connectivity index (χ1v) is 7.59. The Labute approximate surface area is 135 Å². The van der Waals surface area contributed by atoms with Crippen LogP contribution in [0.4, 0.5) is 0 Å². The summed E-state index contributed by atoms with van der Waals surface area (Å²) < 4.78 is 4.24. The molecule has 0 atom stereocenters. The van der Waals surface area contributed by atoms with Crippen molar-refractivity contribution in [3.63, 3.8) is 0 Å². The molecule has 0 aliphatic rings. The summed E-state index contributed by atoms with van der Waals surface area (Å²) in [5, 5.41) is 4.61. The van der Waals surface area contributed by atoms with E-state index in [0.717, 1.165) is 10.2 Å². The molecule has 0 saturated carbocycles. The molecular weight excluding hydrogens is 320 g/mol. The van der Waals surface area contributed by atoms with E-state index in [2.05, 4.69) is 16.0 Å². The summed E-state index contributed by atoms with van der Waals surface area (Å²) in [7, 11) is 1.70. The summed E-state index contributed by atoms with van der Waals surface area (Å²) in [6.45, 7) is 0.332. The van der Waals surface area contributed by atoms with Gasteiger partial charge in [-0.15, -0.1) is 6.42 Å². The molecule has 1 aromatic carbocycles. The molecule has 0 aliphatic carbocycles. The number of fused-ring (bicyclic) bond motifs is 1. The van der Waals surface area contributed by atoms with Gasteiger partial charge in [-0.05, 0) is 24.3 Å². The summed E-state index contributed by atoms with van der Waals surface area (Å²) in [5.41, 5.74) is 1.33. The van der Waals surface area contributed by atoms with Gasteiger partial charge in [0.2, 0.25) is 0 Å². The molecule has 3 rings (SSSR count). The average molecular weight is 331 g/mol. The number of hydrogen-bond donors (Lipinski definition) is 0. The quantitative estimate of drug-likeness (QED) is 0.678. The van der Waals surface area contributed by atoms with Gasteiger partial charge in [0.15, 0.2) is 4.80 Å². The Morgan fingerprint density at radius 2 is 2.32 bits per heavy atom. The van der Waals surface area contributed by atoms with Crippen LogP contribution >= 0.6 is 22.9 Å². The smallest absolute Gasteiger partial charge is 0.297 e. The van der Waals surface area contributed by atoms with E-state index >= 15 is 0 Å². The third-order valence-electron chi connectivity index (χ3n) is 3.13. The lowest BCUT2D eigenvalue weighted by molar-refractivity contribution is 0.0989. The summed E-state index contributed by atoms with van der Waals surface area (Å²) in [6.07, 6.45) is 6.98. The predicted molar refractivity (Wildman–Crippen MR) is 86.8 cm³/mol. The van der Waals surface area contributed by atoms with Crippen LogP contribution in [-0.2, 0) is 13.6 Å². The van der Waals surface area contributed by atoms with E-state index in [0.29, 0.717) is 22.1 Å². The van der Waals surface area contributed by atoms with Gasteiger partial charge in [-0.2, -0.15) is 10.1 Å². The standard InChI is InChI=1S/C15H11ClN4OS/c1-3-8-20-11-5-4-10(16)9-13(11)22-15(20)18-14(21)12-6-7-17-19(12)2/h1,4-7,9H,8H2,2H3. The highest BCUT2D eigenvalue weighted by molar-refractivity contribution is 7.16. The minimum Gasteiger partial charge on any atom is -0.305 e. The monoisotopic (exact) mass is 330 g/mol. The highest BCUT2D eigenvalue weighted by Crippen LogP contribution is 2.21. The molecule has 22 heavy (non-hydrogen) atoms. The summed E-state index contributed by atoms with van der Waals surface area (Å²) in [4.78, 5) is 17.0. The molecule has 0 saturated heterocycles. The third-order valence-corrected chi connectivity index (χ3v) is 4.41. The van der Waals surface area contributed by atoms with Gasteiger partial charge >= 0.3 is 0 Å². The molecule has 2 heterocycles. The number of amides is 1. The maximum Gasteiger partial charge on any atom is 0.297 e. The van der Waals surface area contributed by atoms with Crippen molar-refractivity contribution in [2.24, 2.45) is 12.0 Å². The van der Waals surface area contributed by atoms with Gasteiger partial charge in [0.1, 0.15) is 5.69 Å². The van der Waals surface area contributed by atoms with E-state index < -0.39 is 0 Å². The fraction of sp³-hybridized carbons (Fsp3) is 0.133. The van der Waals surface area contributed by atoms with Crippen LogP contribution in [0, 0.1) is 12.3 Å². The third kappa shape index (κ3) is 2.56. The van der Waals surface area contributed by atoms with E-state index in [1.165, 1.54) is 16.0 Å². The van der Waals surface area contributed by atoms with Crippen LogP contribution in [0.1, 0.15) is 10.5 Å². The first-order chi connectivity index (χ1) is 10.6. The number of benzene rings is 1. The lowest BCUT2D eigenvalue weighted by Crippen LogP contribution is -2.17. The van der Waals surface area contributed by atoms with Crippen LogP contribution < -0.4 is 4.80 Å². The Hall–Kier alpha value is -2.36. The average Bonchev–Trinajstić information content (AvgIpc) is 3.03. The van der Waals surface area contributed by atoms with Gasteiger partial charge in [-0.3, -0.25) is 9.48 Å². The van der Waals surface area contributed by atoms with E-state index in [-0.39, 0.29) is 5.91 Å². The second-order valence-corrected chi connectivity index (χ2v) is 5.99. The van der Waals surface area contributed by atoms with Gasteiger partial charge in [-0.1, -0.05) is 28.9 Å². The van der Waals surface area contributed by atoms with Crippen molar-refractivity contribution in [3.8, 4) is 12.3 Å². The molecule has 7 heteroatoms. The minimum absolute atomic E-state index is 0.332. The zero-order valence-electron chi connectivity index (χ0n) is 11.7. The lowest BCUT2D eigenvalue weighted by Gasteiger charge is -2.00. The van der Waals surface area contributed by atoms with Crippen LogP contribution in [0.15, 0.2) is 35.5 Å². The summed E-state index contributed by atoms with van der Waals surface area (Å²) in [5.74, 6) is 2.23. The predicted octanol–water partition coefficient (Wildman–Crippen LogP) is 2.46. The van der Waals surface area contributed by atoms with Gasteiger partial charge < -0.3 is 4.57 Å². The molecule has 0 bridgehead atoms. The molecular formula is C15H11ClN4OS. The van der Waals surface area contributed by atoms with Crippen molar-refractivity contribution < 1.29 is 4.79 Å². The Kier molecular flexibility index (Phi) is 3.84. The Bertz CT molecular complexity index is 973. The Morgan fingerprint density at radius 1 is 1.50 bits per heavy atom. The highest BCUT2D eigenvalue weighted by Gasteiger charge is 2.11. The Morgan fingerprint density at radius 3 is 3.00 bits per heavy atom. The molecule has 0 radical (unpaired) electrons. The van der Waals surface area contributed by atoms with Gasteiger partial charge in [-0.25, -0.2) is 0 Å². The number of hydrogen-bond acceptors (Lipinski definition) is 3. The van der Waals surface area contributed by atoms with E-state index in [9.17, 15) is 4.79 Å². The molecule has 0 spiro atoms. The lowest BCUT2D eigenvalue weighted by atomic mass is 10.3. The van der Waals surface area contributed by atoms with E-state index in [4.69, 9.17) is 18.0 Å². The fourth-order valence-electron chi connectivity index (χ4n) is 2.10. The number of terminal acetylenes is 1. The van der Waals surface area contributed by atoms with Gasteiger partial charge in [0.05, 0.1) is 16.8 Å². The van der Waals surface area contributed by atoms with Crippen LogP contribution in [0.2, 0.25) is 5.02 Å². The largest absolute Gasteiger partial charge is 0.305 e. The molecule has 5 nitrogen and oxygen atoms in total. The molecule has 1 amide bonds. The molecule has 0 aliphatic heterocycles. The van der Waals surface area contributed by atoms with Crippen LogP contribution in [0.3, 0.4) is 0 Å². The number of halogens is 1. The zero-order chi connectivity index (χ0) is 15.7. The van der Waals surface area contributed by atoms with Gasteiger partial charge in [0, 0.05) is 18.3 Å². The number of carbonyl (C=O) groups is 1. The van der Waals surface area contributed by atoms with Crippen molar-refractivity contribution in [2.75, 3.05) is 0 Å². The molecule has 2 aromatic heterocycles. The molecule has 3 aromatic rings. The topological polar surface area (TPSA) is 52.2 Å². The van der Waals surface area contributed by atoms with Crippen LogP contribution in [0.5, 0.6) is 0 Å². The second kappa shape index (κ2) is 5.79. The minimum atomic E-state index is -0.358. The van der Waals surface area contributed by atoms with Crippen molar-refractivity contribution in [1.29, 1.82) is 0 Å². The maximum atomic E-state index is 12.3. The maximum absolute atomic E-state index is 12.3.